The molecule has 170 valence electrons. The zero-order valence-electron chi connectivity index (χ0n) is 16.2. The van der Waals surface area contributed by atoms with E-state index in [9.17, 15) is 26.3 Å². The molecular weight excluding hydrogens is 458 g/mol. The highest BCUT2D eigenvalue weighted by atomic mass is 32.1. The summed E-state index contributed by atoms with van der Waals surface area (Å²) in [6.07, 6.45) is -9.25. The van der Waals surface area contributed by atoms with Crippen molar-refractivity contribution in [3.05, 3.63) is 60.7 Å². The van der Waals surface area contributed by atoms with Gasteiger partial charge in [0, 0.05) is 35.0 Å². The first-order valence-corrected chi connectivity index (χ1v) is 9.49. The van der Waals surface area contributed by atoms with Gasteiger partial charge in [0.15, 0.2) is 18.3 Å². The normalized spacial score (nSPS) is 11.8. The molecule has 0 aromatic heterocycles. The fourth-order valence-corrected chi connectivity index (χ4v) is 2.99. The lowest BCUT2D eigenvalue weighted by atomic mass is 10.1. The standard InChI is InChI=1S/C21H16F6N2O2S/c22-20(23,24)11-30-15-8-14(9-16(10-15)31-12-21(25,26)27)28-19(32)29-18-7-3-5-13-4-1-2-6-17(13)18/h1-10H,11-12H2,(H2,28,29,32). The molecule has 4 nitrogen and oxygen atoms in total. The maximum atomic E-state index is 12.5. The number of thiocarbonyl (C=S) groups is 1. The first-order valence-electron chi connectivity index (χ1n) is 9.08. The van der Waals surface area contributed by atoms with Crippen LogP contribution in [0.4, 0.5) is 37.7 Å². The number of nitrogens with one attached hydrogen (secondary N) is 2. The van der Waals surface area contributed by atoms with Gasteiger partial charge in [0.2, 0.25) is 0 Å². The average molecular weight is 474 g/mol. The second-order valence-electron chi connectivity index (χ2n) is 6.61. The SMILES string of the molecule is FC(F)(F)COc1cc(NC(=S)Nc2cccc3ccccc23)cc(OCC(F)(F)F)c1. The lowest BCUT2D eigenvalue weighted by Gasteiger charge is -2.16. The Labute approximate surface area is 184 Å². The van der Waals surface area contributed by atoms with Crippen molar-refractivity contribution in [3.8, 4) is 11.5 Å². The fraction of sp³-hybridized carbons (Fsp3) is 0.190. The average Bonchev–Trinajstić information content (AvgIpc) is 2.70. The maximum absolute atomic E-state index is 12.5. The molecule has 0 bridgehead atoms. The van der Waals surface area contributed by atoms with Crippen LogP contribution in [0.3, 0.4) is 0 Å². The molecular formula is C21H16F6N2O2S. The van der Waals surface area contributed by atoms with Gasteiger partial charge in [-0.15, -0.1) is 0 Å². The Hall–Kier alpha value is -3.21. The van der Waals surface area contributed by atoms with Crippen LogP contribution in [-0.4, -0.2) is 30.7 Å². The van der Waals surface area contributed by atoms with Crippen molar-refractivity contribution < 1.29 is 35.8 Å². The smallest absolute Gasteiger partial charge is 0.422 e. The molecule has 11 heteroatoms. The van der Waals surface area contributed by atoms with Crippen molar-refractivity contribution in [2.75, 3.05) is 23.8 Å². The number of halogens is 6. The minimum absolute atomic E-state index is 0.0658. The van der Waals surface area contributed by atoms with Crippen LogP contribution in [0.2, 0.25) is 0 Å². The molecule has 0 unspecified atom stereocenters. The molecule has 0 radical (unpaired) electrons. The summed E-state index contributed by atoms with van der Waals surface area (Å²) in [4.78, 5) is 0. The van der Waals surface area contributed by atoms with Crippen LogP contribution in [0.15, 0.2) is 60.7 Å². The van der Waals surface area contributed by atoms with E-state index < -0.39 is 25.6 Å². The first kappa shape index (κ1) is 23.5. The molecule has 0 aliphatic carbocycles. The number of alkyl halides is 6. The number of fused-ring (bicyclic) bond motifs is 1. The van der Waals surface area contributed by atoms with Crippen LogP contribution in [0.25, 0.3) is 10.8 Å². The lowest BCUT2D eigenvalue weighted by molar-refractivity contribution is -0.153. The molecule has 0 spiro atoms. The van der Waals surface area contributed by atoms with E-state index >= 15 is 0 Å². The van der Waals surface area contributed by atoms with Gasteiger partial charge in [0.25, 0.3) is 0 Å². The van der Waals surface area contributed by atoms with E-state index in [1.807, 2.05) is 36.4 Å². The van der Waals surface area contributed by atoms with E-state index in [2.05, 4.69) is 20.1 Å². The van der Waals surface area contributed by atoms with E-state index in [1.165, 1.54) is 12.1 Å². The van der Waals surface area contributed by atoms with Crippen molar-refractivity contribution in [2.45, 2.75) is 12.4 Å². The van der Waals surface area contributed by atoms with Gasteiger partial charge in [-0.3, -0.25) is 0 Å². The van der Waals surface area contributed by atoms with Crippen molar-refractivity contribution in [1.82, 2.24) is 0 Å². The number of anilines is 2. The summed E-state index contributed by atoms with van der Waals surface area (Å²) in [6.45, 7) is -3.23. The Morgan fingerprint density at radius 2 is 1.31 bits per heavy atom. The second-order valence-corrected chi connectivity index (χ2v) is 7.01. The Morgan fingerprint density at radius 3 is 1.91 bits per heavy atom. The molecule has 32 heavy (non-hydrogen) atoms. The number of benzene rings is 3. The van der Waals surface area contributed by atoms with Gasteiger partial charge in [-0.25, -0.2) is 0 Å². The van der Waals surface area contributed by atoms with Crippen molar-refractivity contribution in [1.29, 1.82) is 0 Å². The van der Waals surface area contributed by atoms with Gasteiger partial charge >= 0.3 is 12.4 Å². The largest absolute Gasteiger partial charge is 0.484 e. The zero-order chi connectivity index (χ0) is 23.4. The number of rotatable bonds is 6. The second kappa shape index (κ2) is 9.51. The molecule has 3 rings (SSSR count). The van der Waals surface area contributed by atoms with Crippen LogP contribution in [0.1, 0.15) is 0 Å². The van der Waals surface area contributed by atoms with Gasteiger partial charge in [0.05, 0.1) is 0 Å². The topological polar surface area (TPSA) is 42.5 Å². The van der Waals surface area contributed by atoms with Crippen molar-refractivity contribution >= 4 is 39.5 Å². The Kier molecular flexibility index (Phi) is 6.97. The summed E-state index contributed by atoms with van der Waals surface area (Å²) in [5.74, 6) is -0.671. The molecule has 0 saturated carbocycles. The molecule has 0 aliphatic rings. The van der Waals surface area contributed by atoms with Gasteiger partial charge in [-0.05, 0) is 23.7 Å². The van der Waals surface area contributed by atoms with Gasteiger partial charge in [0.1, 0.15) is 11.5 Å². The Bertz CT molecular complexity index is 1060. The highest BCUT2D eigenvalue weighted by Gasteiger charge is 2.30. The Balaban J connectivity index is 1.78. The summed E-state index contributed by atoms with van der Waals surface area (Å²) in [5, 5.41) is 7.58. The van der Waals surface area contributed by atoms with E-state index in [0.717, 1.165) is 16.8 Å². The van der Waals surface area contributed by atoms with Crippen LogP contribution in [0, 0.1) is 0 Å². The van der Waals surface area contributed by atoms with E-state index in [0.29, 0.717) is 5.69 Å². The molecule has 2 N–H and O–H groups in total. The van der Waals surface area contributed by atoms with Gasteiger partial charge < -0.3 is 20.1 Å². The number of ether oxygens (including phenoxy) is 2. The number of hydrogen-bond acceptors (Lipinski definition) is 3. The minimum Gasteiger partial charge on any atom is -0.484 e. The predicted octanol–water partition coefficient (Wildman–Crippen LogP) is 6.53. The molecule has 3 aromatic carbocycles. The molecule has 0 atom stereocenters. The van der Waals surface area contributed by atoms with Gasteiger partial charge in [-0.2, -0.15) is 26.3 Å². The molecule has 0 aliphatic heterocycles. The Morgan fingerprint density at radius 1 is 0.750 bits per heavy atom. The van der Waals surface area contributed by atoms with Crippen molar-refractivity contribution in [2.24, 2.45) is 0 Å². The fourth-order valence-electron chi connectivity index (χ4n) is 2.76. The van der Waals surface area contributed by atoms with E-state index in [1.54, 1.807) is 6.07 Å². The van der Waals surface area contributed by atoms with E-state index in [4.69, 9.17) is 12.2 Å². The third kappa shape index (κ3) is 7.19. The molecule has 0 amide bonds. The number of hydrogen-bond donors (Lipinski definition) is 2. The maximum Gasteiger partial charge on any atom is 0.422 e. The molecule has 3 aromatic rings. The third-order valence-electron chi connectivity index (χ3n) is 3.98. The highest BCUT2D eigenvalue weighted by Crippen LogP contribution is 2.30. The monoisotopic (exact) mass is 474 g/mol. The quantitative estimate of drug-likeness (QED) is 0.314. The van der Waals surface area contributed by atoms with Crippen LogP contribution in [0.5, 0.6) is 11.5 Å². The third-order valence-corrected chi connectivity index (χ3v) is 4.18. The van der Waals surface area contributed by atoms with Gasteiger partial charge in [-0.1, -0.05) is 36.4 Å². The summed E-state index contributed by atoms with van der Waals surface area (Å²) < 4.78 is 84.2. The summed E-state index contributed by atoms with van der Waals surface area (Å²) >= 11 is 5.25. The summed E-state index contributed by atoms with van der Waals surface area (Å²) in [7, 11) is 0. The zero-order valence-corrected chi connectivity index (χ0v) is 17.0. The minimum atomic E-state index is -4.62. The van der Waals surface area contributed by atoms with Crippen LogP contribution < -0.4 is 20.1 Å². The molecule has 0 heterocycles. The van der Waals surface area contributed by atoms with E-state index in [-0.39, 0.29) is 22.3 Å². The molecule has 0 saturated heterocycles. The van der Waals surface area contributed by atoms with Crippen LogP contribution in [-0.2, 0) is 0 Å². The van der Waals surface area contributed by atoms with Crippen molar-refractivity contribution in [3.63, 3.8) is 0 Å². The molecule has 0 fully saturated rings. The summed E-state index contributed by atoms with van der Waals surface area (Å²) in [5.41, 5.74) is 0.748. The van der Waals surface area contributed by atoms with Crippen LogP contribution >= 0.6 is 12.2 Å². The first-order chi connectivity index (χ1) is 15.0. The highest BCUT2D eigenvalue weighted by molar-refractivity contribution is 7.80. The predicted molar refractivity (Wildman–Crippen MR) is 113 cm³/mol. The summed E-state index contributed by atoms with van der Waals surface area (Å²) in [6, 6.07) is 16.3. The lowest BCUT2D eigenvalue weighted by Crippen LogP contribution is -2.21.